The standard InChI is InChI=1S/C30H32N2O7/c1-22(31-30(36)39-21-25-15-9-4-10-16-25)28(34)32-26(29(35)38-20-24-13-7-3-8-14-24)17-18-27(33)37-19-23-11-5-2-6-12-23/h2-16,22,26H,17-21H2,1H3,(H,31,36)(H,32,34). The first-order chi connectivity index (χ1) is 18.9. The first-order valence-electron chi connectivity index (χ1n) is 12.6. The van der Waals surface area contributed by atoms with E-state index < -0.39 is 36.0 Å². The monoisotopic (exact) mass is 532 g/mol. The van der Waals surface area contributed by atoms with Crippen LogP contribution in [0.4, 0.5) is 4.79 Å². The highest BCUT2D eigenvalue weighted by atomic mass is 16.5. The molecular formula is C30H32N2O7. The second-order valence-corrected chi connectivity index (χ2v) is 8.77. The van der Waals surface area contributed by atoms with Crippen molar-refractivity contribution in [1.29, 1.82) is 0 Å². The van der Waals surface area contributed by atoms with Crippen molar-refractivity contribution in [2.75, 3.05) is 0 Å². The maximum atomic E-state index is 12.8. The van der Waals surface area contributed by atoms with Gasteiger partial charge in [0.15, 0.2) is 0 Å². The summed E-state index contributed by atoms with van der Waals surface area (Å²) in [5.74, 6) is -1.86. The van der Waals surface area contributed by atoms with Crippen LogP contribution in [0.15, 0.2) is 91.0 Å². The van der Waals surface area contributed by atoms with E-state index in [-0.39, 0.29) is 32.7 Å². The lowest BCUT2D eigenvalue weighted by atomic mass is 10.1. The highest BCUT2D eigenvalue weighted by molar-refractivity contribution is 5.89. The highest BCUT2D eigenvalue weighted by Gasteiger charge is 2.27. The molecule has 3 aromatic carbocycles. The topological polar surface area (TPSA) is 120 Å². The molecule has 0 saturated heterocycles. The quantitative estimate of drug-likeness (QED) is 0.252. The van der Waals surface area contributed by atoms with Gasteiger partial charge in [0.05, 0.1) is 0 Å². The molecule has 2 N–H and O–H groups in total. The number of amides is 2. The largest absolute Gasteiger partial charge is 0.461 e. The van der Waals surface area contributed by atoms with Gasteiger partial charge in [-0.1, -0.05) is 91.0 Å². The molecule has 0 aliphatic carbocycles. The molecule has 9 nitrogen and oxygen atoms in total. The van der Waals surface area contributed by atoms with Crippen LogP contribution in [-0.2, 0) is 48.4 Å². The summed E-state index contributed by atoms with van der Waals surface area (Å²) in [6, 6.07) is 25.2. The summed E-state index contributed by atoms with van der Waals surface area (Å²) in [6.45, 7) is 1.60. The van der Waals surface area contributed by atoms with E-state index in [1.54, 1.807) is 24.3 Å². The molecule has 3 aromatic rings. The Labute approximate surface area is 227 Å². The molecular weight excluding hydrogens is 500 g/mol. The van der Waals surface area contributed by atoms with Crippen LogP contribution in [0.5, 0.6) is 0 Å². The van der Waals surface area contributed by atoms with Crippen LogP contribution in [0.25, 0.3) is 0 Å². The lowest BCUT2D eigenvalue weighted by Crippen LogP contribution is -2.50. The number of carbonyl (C=O) groups excluding carboxylic acids is 4. The molecule has 0 aromatic heterocycles. The van der Waals surface area contributed by atoms with Crippen LogP contribution in [-0.4, -0.2) is 36.0 Å². The Morgan fingerprint density at radius 1 is 0.641 bits per heavy atom. The maximum Gasteiger partial charge on any atom is 0.408 e. The van der Waals surface area contributed by atoms with E-state index in [0.717, 1.165) is 16.7 Å². The van der Waals surface area contributed by atoms with Crippen LogP contribution in [0, 0.1) is 0 Å². The summed E-state index contributed by atoms with van der Waals surface area (Å²) in [6.07, 6.45) is -0.952. The van der Waals surface area contributed by atoms with Crippen LogP contribution in [0.2, 0.25) is 0 Å². The van der Waals surface area contributed by atoms with Crippen molar-refractivity contribution in [1.82, 2.24) is 10.6 Å². The van der Waals surface area contributed by atoms with Crippen molar-refractivity contribution in [3.63, 3.8) is 0 Å². The van der Waals surface area contributed by atoms with Gasteiger partial charge in [-0.15, -0.1) is 0 Å². The molecule has 0 aliphatic rings. The number of ether oxygens (including phenoxy) is 3. The average molecular weight is 533 g/mol. The number of carbonyl (C=O) groups is 4. The first kappa shape index (κ1) is 28.9. The minimum Gasteiger partial charge on any atom is -0.461 e. The number of benzene rings is 3. The third kappa shape index (κ3) is 10.7. The van der Waals surface area contributed by atoms with Crippen molar-refractivity contribution in [3.8, 4) is 0 Å². The average Bonchev–Trinajstić information content (AvgIpc) is 2.97. The molecule has 0 fully saturated rings. The number of rotatable bonds is 13. The molecule has 0 aliphatic heterocycles. The second kappa shape index (κ2) is 15.6. The maximum absolute atomic E-state index is 12.8. The summed E-state index contributed by atoms with van der Waals surface area (Å²) in [7, 11) is 0. The molecule has 0 spiro atoms. The summed E-state index contributed by atoms with van der Waals surface area (Å²) in [5, 5.41) is 5.01. The molecule has 0 heterocycles. The van der Waals surface area contributed by atoms with Crippen LogP contribution in [0.3, 0.4) is 0 Å². The van der Waals surface area contributed by atoms with Gasteiger partial charge in [-0.05, 0) is 30.0 Å². The van der Waals surface area contributed by atoms with Crippen molar-refractivity contribution in [2.45, 2.75) is 51.7 Å². The van der Waals surface area contributed by atoms with Gasteiger partial charge in [0.1, 0.15) is 31.9 Å². The Morgan fingerprint density at radius 2 is 1.10 bits per heavy atom. The van der Waals surface area contributed by atoms with Crippen molar-refractivity contribution < 1.29 is 33.4 Å². The van der Waals surface area contributed by atoms with E-state index in [9.17, 15) is 19.2 Å². The fraction of sp³-hybridized carbons (Fsp3) is 0.267. The van der Waals surface area contributed by atoms with E-state index in [1.807, 2.05) is 66.7 Å². The Kier molecular flexibility index (Phi) is 11.5. The zero-order valence-electron chi connectivity index (χ0n) is 21.7. The minimum absolute atomic E-state index is 0.00408. The fourth-order valence-corrected chi connectivity index (χ4v) is 3.45. The van der Waals surface area contributed by atoms with E-state index in [0.29, 0.717) is 0 Å². The molecule has 0 bridgehead atoms. The smallest absolute Gasteiger partial charge is 0.408 e. The molecule has 2 atom stereocenters. The van der Waals surface area contributed by atoms with Crippen LogP contribution in [0.1, 0.15) is 36.5 Å². The third-order valence-corrected chi connectivity index (χ3v) is 5.65. The van der Waals surface area contributed by atoms with E-state index >= 15 is 0 Å². The Balaban J connectivity index is 1.53. The van der Waals surface area contributed by atoms with Gasteiger partial charge in [-0.2, -0.15) is 0 Å². The van der Waals surface area contributed by atoms with Gasteiger partial charge >= 0.3 is 18.0 Å². The zero-order chi connectivity index (χ0) is 27.9. The van der Waals surface area contributed by atoms with Crippen LogP contribution >= 0.6 is 0 Å². The molecule has 204 valence electrons. The first-order valence-corrected chi connectivity index (χ1v) is 12.6. The van der Waals surface area contributed by atoms with E-state index in [2.05, 4.69) is 10.6 Å². The molecule has 9 heteroatoms. The molecule has 2 amide bonds. The highest BCUT2D eigenvalue weighted by Crippen LogP contribution is 2.09. The molecule has 2 unspecified atom stereocenters. The number of alkyl carbamates (subject to hydrolysis) is 1. The van der Waals surface area contributed by atoms with Gasteiger partial charge in [0, 0.05) is 6.42 Å². The molecule has 0 saturated carbocycles. The molecule has 39 heavy (non-hydrogen) atoms. The van der Waals surface area contributed by atoms with Crippen molar-refractivity contribution in [2.24, 2.45) is 0 Å². The molecule has 3 rings (SSSR count). The van der Waals surface area contributed by atoms with Gasteiger partial charge in [0.25, 0.3) is 0 Å². The SMILES string of the molecule is CC(NC(=O)OCc1ccccc1)C(=O)NC(CCC(=O)OCc1ccccc1)C(=O)OCc1ccccc1. The summed E-state index contributed by atoms with van der Waals surface area (Å²) in [5.41, 5.74) is 2.40. The second-order valence-electron chi connectivity index (χ2n) is 8.77. The van der Waals surface area contributed by atoms with Crippen molar-refractivity contribution in [3.05, 3.63) is 108 Å². The summed E-state index contributed by atoms with van der Waals surface area (Å²) >= 11 is 0. The number of hydrogen-bond donors (Lipinski definition) is 2. The normalized spacial score (nSPS) is 11.9. The van der Waals surface area contributed by atoms with Gasteiger partial charge < -0.3 is 24.8 Å². The van der Waals surface area contributed by atoms with E-state index in [1.165, 1.54) is 6.92 Å². The lowest BCUT2D eigenvalue weighted by molar-refractivity contribution is -0.150. The Morgan fingerprint density at radius 3 is 1.62 bits per heavy atom. The van der Waals surface area contributed by atoms with Crippen LogP contribution < -0.4 is 10.6 Å². The number of esters is 2. The predicted molar refractivity (Wildman–Crippen MR) is 143 cm³/mol. The van der Waals surface area contributed by atoms with Gasteiger partial charge in [-0.25, -0.2) is 9.59 Å². The predicted octanol–water partition coefficient (Wildman–Crippen LogP) is 4.05. The zero-order valence-corrected chi connectivity index (χ0v) is 21.7. The van der Waals surface area contributed by atoms with Gasteiger partial charge in [-0.3, -0.25) is 9.59 Å². The lowest BCUT2D eigenvalue weighted by Gasteiger charge is -2.20. The number of nitrogens with one attached hydrogen (secondary N) is 2. The Hall–Kier alpha value is -4.66. The van der Waals surface area contributed by atoms with E-state index in [4.69, 9.17) is 14.2 Å². The Bertz CT molecular complexity index is 1200. The third-order valence-electron chi connectivity index (χ3n) is 5.65. The minimum atomic E-state index is -1.13. The van der Waals surface area contributed by atoms with Gasteiger partial charge in [0.2, 0.25) is 5.91 Å². The molecule has 0 radical (unpaired) electrons. The number of hydrogen-bond acceptors (Lipinski definition) is 7. The summed E-state index contributed by atoms with van der Waals surface area (Å²) < 4.78 is 15.8. The van der Waals surface area contributed by atoms with Crippen molar-refractivity contribution >= 4 is 23.9 Å². The fourth-order valence-electron chi connectivity index (χ4n) is 3.45. The summed E-state index contributed by atoms with van der Waals surface area (Å²) in [4.78, 5) is 50.1.